The predicted molar refractivity (Wildman–Crippen MR) is 137 cm³/mol. The summed E-state index contributed by atoms with van der Waals surface area (Å²) >= 11 is 15.4. The molecule has 3 rings (SSSR count). The van der Waals surface area contributed by atoms with Crippen LogP contribution in [-0.4, -0.2) is 25.1 Å². The van der Waals surface area contributed by atoms with Crippen molar-refractivity contribution in [1.82, 2.24) is 5.43 Å². The van der Waals surface area contributed by atoms with Crippen LogP contribution in [0.1, 0.15) is 16.7 Å². The van der Waals surface area contributed by atoms with Crippen molar-refractivity contribution in [3.05, 3.63) is 85.8 Å². The first kappa shape index (κ1) is 25.6. The molecule has 0 aliphatic carbocycles. The summed E-state index contributed by atoms with van der Waals surface area (Å²) in [6.07, 6.45) is 1.38. The van der Waals surface area contributed by atoms with E-state index in [2.05, 4.69) is 31.8 Å². The molecule has 0 radical (unpaired) electrons. The fraction of sp³-hybridized carbons (Fsp3) is 0.125. The Labute approximate surface area is 215 Å². The van der Waals surface area contributed by atoms with Crippen LogP contribution in [-0.2, 0) is 16.2 Å². The Morgan fingerprint density at radius 3 is 2.53 bits per heavy atom. The van der Waals surface area contributed by atoms with E-state index in [1.54, 1.807) is 49.4 Å². The van der Waals surface area contributed by atoms with Crippen molar-refractivity contribution in [3.63, 3.8) is 0 Å². The van der Waals surface area contributed by atoms with Crippen molar-refractivity contribution in [3.8, 4) is 11.5 Å². The zero-order valence-electron chi connectivity index (χ0n) is 18.2. The minimum atomic E-state index is -0.926. The number of benzene rings is 3. The molecule has 0 aromatic heterocycles. The number of halogens is 3. The van der Waals surface area contributed by atoms with Crippen LogP contribution in [0.5, 0.6) is 11.5 Å². The molecule has 2 amide bonds. The summed E-state index contributed by atoms with van der Waals surface area (Å²) < 4.78 is 12.0. The van der Waals surface area contributed by atoms with E-state index in [1.807, 2.05) is 12.1 Å². The molecule has 0 heterocycles. The van der Waals surface area contributed by atoms with Gasteiger partial charge in [0.2, 0.25) is 0 Å². The number of hydrogen-bond donors (Lipinski definition) is 2. The van der Waals surface area contributed by atoms with Crippen molar-refractivity contribution in [2.45, 2.75) is 13.5 Å². The Hall–Kier alpha value is -3.07. The first-order chi connectivity index (χ1) is 16.3. The monoisotopic (exact) mass is 563 g/mol. The first-order valence-corrected chi connectivity index (χ1v) is 11.5. The lowest BCUT2D eigenvalue weighted by Gasteiger charge is -2.13. The van der Waals surface area contributed by atoms with Crippen LogP contribution in [0.15, 0.2) is 64.2 Å². The average Bonchev–Trinajstić information content (AvgIpc) is 2.82. The van der Waals surface area contributed by atoms with E-state index < -0.39 is 11.8 Å². The predicted octanol–water partition coefficient (Wildman–Crippen LogP) is 5.74. The lowest BCUT2D eigenvalue weighted by atomic mass is 10.2. The summed E-state index contributed by atoms with van der Waals surface area (Å²) in [4.78, 5) is 24.2. The largest absolute Gasteiger partial charge is 0.493 e. The van der Waals surface area contributed by atoms with Crippen molar-refractivity contribution in [2.24, 2.45) is 5.10 Å². The molecule has 176 valence electrons. The molecule has 0 aliphatic heterocycles. The first-order valence-electron chi connectivity index (χ1n) is 9.92. The molecule has 0 spiro atoms. The second kappa shape index (κ2) is 11.9. The van der Waals surface area contributed by atoms with Gasteiger partial charge in [0.25, 0.3) is 0 Å². The summed E-state index contributed by atoms with van der Waals surface area (Å²) in [5.41, 5.74) is 4.84. The Kier molecular flexibility index (Phi) is 8.92. The third-order valence-corrected chi connectivity index (χ3v) is 5.90. The normalized spacial score (nSPS) is 10.7. The number of rotatable bonds is 7. The number of carbonyl (C=O) groups is 2. The lowest BCUT2D eigenvalue weighted by Crippen LogP contribution is -2.32. The highest BCUT2D eigenvalue weighted by atomic mass is 79.9. The van der Waals surface area contributed by atoms with Gasteiger partial charge in [-0.05, 0) is 75.9 Å². The molecule has 0 bridgehead atoms. The lowest BCUT2D eigenvalue weighted by molar-refractivity contribution is -0.136. The van der Waals surface area contributed by atoms with Crippen molar-refractivity contribution in [1.29, 1.82) is 0 Å². The summed E-state index contributed by atoms with van der Waals surface area (Å²) in [7, 11) is 1.52. The van der Waals surface area contributed by atoms with Gasteiger partial charge >= 0.3 is 11.8 Å². The molecule has 10 heteroatoms. The molecular formula is C24H20BrCl2N3O4. The molecule has 7 nitrogen and oxygen atoms in total. The van der Waals surface area contributed by atoms with Gasteiger partial charge in [-0.3, -0.25) is 9.59 Å². The number of hydrogen-bond acceptors (Lipinski definition) is 5. The molecular weight excluding hydrogens is 545 g/mol. The zero-order chi connectivity index (χ0) is 24.7. The van der Waals surface area contributed by atoms with E-state index in [0.29, 0.717) is 49.4 Å². The minimum absolute atomic E-state index is 0.316. The molecule has 3 aromatic carbocycles. The summed E-state index contributed by atoms with van der Waals surface area (Å²) in [6, 6.07) is 15.8. The Balaban J connectivity index is 1.63. The van der Waals surface area contributed by atoms with Crippen molar-refractivity contribution < 1.29 is 19.1 Å². The van der Waals surface area contributed by atoms with Gasteiger partial charge in [0, 0.05) is 15.7 Å². The molecule has 0 fully saturated rings. The van der Waals surface area contributed by atoms with Crippen LogP contribution in [0.3, 0.4) is 0 Å². The van der Waals surface area contributed by atoms with Crippen LogP contribution in [0.4, 0.5) is 5.69 Å². The molecule has 0 aliphatic rings. The zero-order valence-corrected chi connectivity index (χ0v) is 21.3. The van der Waals surface area contributed by atoms with E-state index in [0.717, 1.165) is 5.56 Å². The minimum Gasteiger partial charge on any atom is -0.493 e. The maximum absolute atomic E-state index is 12.1. The standard InChI is InChI=1S/C24H20BrCl2N3O4/c1-14-19(27)4-3-5-20(14)29-23(31)24(32)30-28-12-16-10-18(25)22(21(11-16)33-2)34-13-15-6-8-17(26)9-7-15/h3-12H,13H2,1-2H3,(H,29,31)(H,30,32)/b28-12+. The number of carbonyl (C=O) groups excluding carboxylic acids is 2. The third kappa shape index (κ3) is 6.72. The number of ether oxygens (including phenoxy) is 2. The van der Waals surface area contributed by atoms with E-state index in [9.17, 15) is 9.59 Å². The molecule has 3 aromatic rings. The maximum Gasteiger partial charge on any atom is 0.329 e. The second-order valence-electron chi connectivity index (χ2n) is 7.01. The SMILES string of the molecule is COc1cc(/C=N/NC(=O)C(=O)Nc2cccc(Cl)c2C)cc(Br)c1OCc1ccc(Cl)cc1. The van der Waals surface area contributed by atoms with Gasteiger partial charge < -0.3 is 14.8 Å². The third-order valence-electron chi connectivity index (χ3n) is 4.65. The number of nitrogens with one attached hydrogen (secondary N) is 2. The molecule has 2 N–H and O–H groups in total. The van der Waals surface area contributed by atoms with E-state index in [4.69, 9.17) is 32.7 Å². The van der Waals surface area contributed by atoms with Gasteiger partial charge in [0.15, 0.2) is 11.5 Å². The van der Waals surface area contributed by atoms with Gasteiger partial charge in [-0.1, -0.05) is 41.4 Å². The van der Waals surface area contributed by atoms with E-state index >= 15 is 0 Å². The van der Waals surface area contributed by atoms with E-state index in [-0.39, 0.29) is 0 Å². The summed E-state index contributed by atoms with van der Waals surface area (Å²) in [5.74, 6) is -0.822. The Bertz CT molecular complexity index is 1230. The van der Waals surface area contributed by atoms with Crippen molar-refractivity contribution in [2.75, 3.05) is 12.4 Å². The number of hydrazone groups is 1. The summed E-state index contributed by atoms with van der Waals surface area (Å²) in [6.45, 7) is 2.05. The highest BCUT2D eigenvalue weighted by Crippen LogP contribution is 2.37. The number of anilines is 1. The average molecular weight is 565 g/mol. The fourth-order valence-electron chi connectivity index (χ4n) is 2.83. The van der Waals surface area contributed by atoms with Gasteiger partial charge in [0.05, 0.1) is 17.8 Å². The number of nitrogens with zero attached hydrogens (tertiary/aromatic N) is 1. The molecule has 0 saturated heterocycles. The summed E-state index contributed by atoms with van der Waals surface area (Å²) in [5, 5.41) is 7.49. The molecule has 0 unspecified atom stereocenters. The van der Waals surface area contributed by atoms with Crippen molar-refractivity contribution >= 4 is 62.8 Å². The van der Waals surface area contributed by atoms with Crippen LogP contribution in [0, 0.1) is 6.92 Å². The van der Waals surface area contributed by atoms with Gasteiger partial charge in [-0.15, -0.1) is 0 Å². The molecule has 34 heavy (non-hydrogen) atoms. The Morgan fingerprint density at radius 2 is 1.82 bits per heavy atom. The molecule has 0 atom stereocenters. The van der Waals surface area contributed by atoms with Crippen LogP contribution in [0.25, 0.3) is 0 Å². The second-order valence-corrected chi connectivity index (χ2v) is 8.71. The topological polar surface area (TPSA) is 89.0 Å². The fourth-order valence-corrected chi connectivity index (χ4v) is 3.70. The van der Waals surface area contributed by atoms with Crippen LogP contribution in [0.2, 0.25) is 10.0 Å². The molecule has 0 saturated carbocycles. The van der Waals surface area contributed by atoms with Gasteiger partial charge in [0.1, 0.15) is 6.61 Å². The van der Waals surface area contributed by atoms with Crippen LogP contribution >= 0.6 is 39.1 Å². The van der Waals surface area contributed by atoms with Gasteiger partial charge in [-0.2, -0.15) is 5.10 Å². The quantitative estimate of drug-likeness (QED) is 0.217. The smallest absolute Gasteiger partial charge is 0.329 e. The van der Waals surface area contributed by atoms with Gasteiger partial charge in [-0.25, -0.2) is 5.43 Å². The van der Waals surface area contributed by atoms with E-state index in [1.165, 1.54) is 13.3 Å². The maximum atomic E-state index is 12.1. The highest BCUT2D eigenvalue weighted by molar-refractivity contribution is 9.10. The number of amides is 2. The Morgan fingerprint density at radius 1 is 1.09 bits per heavy atom. The number of methoxy groups -OCH3 is 1. The highest BCUT2D eigenvalue weighted by Gasteiger charge is 2.15. The van der Waals surface area contributed by atoms with Crippen LogP contribution < -0.4 is 20.2 Å².